The van der Waals surface area contributed by atoms with E-state index < -0.39 is 0 Å². The summed E-state index contributed by atoms with van der Waals surface area (Å²) in [6.07, 6.45) is 3.06. The molecule has 2 atom stereocenters. The fraction of sp³-hybridized carbons (Fsp3) is 0.526. The Kier molecular flexibility index (Phi) is 5.08. The van der Waals surface area contributed by atoms with Gasteiger partial charge in [-0.25, -0.2) is 4.99 Å². The van der Waals surface area contributed by atoms with E-state index >= 15 is 0 Å². The van der Waals surface area contributed by atoms with E-state index in [1.807, 2.05) is 33.3 Å². The van der Waals surface area contributed by atoms with Crippen LogP contribution >= 0.6 is 11.5 Å². The molecule has 2 aromatic rings. The predicted molar refractivity (Wildman–Crippen MR) is 103 cm³/mol. The summed E-state index contributed by atoms with van der Waals surface area (Å²) in [7, 11) is 2.03. The number of rotatable bonds is 6. The summed E-state index contributed by atoms with van der Waals surface area (Å²) < 4.78 is 10.4. The molecule has 5 nitrogen and oxygen atoms in total. The van der Waals surface area contributed by atoms with Crippen LogP contribution in [-0.4, -0.2) is 33.7 Å². The van der Waals surface area contributed by atoms with E-state index in [2.05, 4.69) is 46.1 Å². The summed E-state index contributed by atoms with van der Waals surface area (Å²) >= 11 is 1.33. The van der Waals surface area contributed by atoms with Crippen molar-refractivity contribution < 1.29 is 4.74 Å². The van der Waals surface area contributed by atoms with Crippen LogP contribution in [0, 0.1) is 19.8 Å². The van der Waals surface area contributed by atoms with Gasteiger partial charge >= 0.3 is 0 Å². The van der Waals surface area contributed by atoms with Crippen molar-refractivity contribution in [3.8, 4) is 10.9 Å². The first-order chi connectivity index (χ1) is 11.8. The molecule has 0 spiro atoms. The van der Waals surface area contributed by atoms with Crippen molar-refractivity contribution in [1.82, 2.24) is 14.3 Å². The molecule has 25 heavy (non-hydrogen) atoms. The Morgan fingerprint density at radius 3 is 2.68 bits per heavy atom. The van der Waals surface area contributed by atoms with Crippen molar-refractivity contribution >= 4 is 23.6 Å². The largest absolute Gasteiger partial charge is 0.430 e. The lowest BCUT2D eigenvalue weighted by atomic mass is 10.1. The average molecular weight is 359 g/mol. The molecule has 1 aliphatic carbocycles. The second-order valence-electron chi connectivity index (χ2n) is 7.25. The second kappa shape index (κ2) is 7.12. The molecule has 0 N–H and O–H groups in total. The number of aromatic nitrogens is 2. The zero-order valence-electron chi connectivity index (χ0n) is 15.8. The Hall–Kier alpha value is -1.95. The third-order valence-corrected chi connectivity index (χ3v) is 5.36. The highest BCUT2D eigenvalue weighted by Crippen LogP contribution is 2.46. The number of hydrogen-bond donors (Lipinski definition) is 0. The van der Waals surface area contributed by atoms with E-state index in [0.717, 1.165) is 28.4 Å². The molecule has 1 aromatic heterocycles. The smallest absolute Gasteiger partial charge is 0.298 e. The molecule has 1 saturated carbocycles. The van der Waals surface area contributed by atoms with Crippen LogP contribution in [0.5, 0.6) is 10.9 Å². The normalized spacial score (nSPS) is 19.6. The van der Waals surface area contributed by atoms with Gasteiger partial charge in [-0.1, -0.05) is 6.92 Å². The van der Waals surface area contributed by atoms with E-state index in [4.69, 9.17) is 4.74 Å². The van der Waals surface area contributed by atoms with Crippen molar-refractivity contribution in [2.45, 2.75) is 53.0 Å². The molecule has 0 radical (unpaired) electrons. The molecular formula is C19H26N4OS. The summed E-state index contributed by atoms with van der Waals surface area (Å²) in [6, 6.07) is 4.51. The number of benzene rings is 1. The highest BCUT2D eigenvalue weighted by molar-refractivity contribution is 7.07. The lowest BCUT2D eigenvalue weighted by Crippen LogP contribution is -2.24. The Labute approximate surface area is 153 Å². The van der Waals surface area contributed by atoms with Crippen LogP contribution < -0.4 is 4.74 Å². The van der Waals surface area contributed by atoms with Gasteiger partial charge in [-0.05, 0) is 63.3 Å². The standard InChI is InChI=1S/C19H26N4OS/c1-11(2)23(6)10-20-16-8-14(5)17(9-13(16)4)24-19-21-18(22-25-19)15-7-12(15)3/h8-12,15H,7H2,1-6H3. The maximum atomic E-state index is 5.99. The van der Waals surface area contributed by atoms with Gasteiger partial charge in [0.05, 0.1) is 12.0 Å². The maximum absolute atomic E-state index is 5.99. The van der Waals surface area contributed by atoms with Crippen LogP contribution in [0.1, 0.15) is 50.1 Å². The molecule has 1 heterocycles. The minimum absolute atomic E-state index is 0.425. The third-order valence-electron chi connectivity index (χ3n) is 4.75. The minimum atomic E-state index is 0.425. The molecule has 6 heteroatoms. The topological polar surface area (TPSA) is 50.6 Å². The van der Waals surface area contributed by atoms with Crippen LogP contribution in [0.3, 0.4) is 0 Å². The molecule has 0 saturated heterocycles. The molecule has 0 aliphatic heterocycles. The van der Waals surface area contributed by atoms with Crippen molar-refractivity contribution in [2.24, 2.45) is 10.9 Å². The first-order valence-corrected chi connectivity index (χ1v) is 9.51. The van der Waals surface area contributed by atoms with Gasteiger partial charge in [0, 0.05) is 30.5 Å². The minimum Gasteiger partial charge on any atom is -0.430 e. The van der Waals surface area contributed by atoms with Crippen molar-refractivity contribution in [1.29, 1.82) is 0 Å². The quantitative estimate of drug-likeness (QED) is 0.534. The maximum Gasteiger partial charge on any atom is 0.298 e. The molecule has 2 unspecified atom stereocenters. The van der Waals surface area contributed by atoms with Crippen LogP contribution in [0.25, 0.3) is 0 Å². The van der Waals surface area contributed by atoms with Crippen LogP contribution in [0.2, 0.25) is 0 Å². The Balaban J connectivity index is 1.74. The van der Waals surface area contributed by atoms with Gasteiger partial charge in [-0.15, -0.1) is 0 Å². The van der Waals surface area contributed by atoms with Crippen LogP contribution in [0.15, 0.2) is 17.1 Å². The van der Waals surface area contributed by atoms with Gasteiger partial charge in [0.15, 0.2) is 0 Å². The first-order valence-electron chi connectivity index (χ1n) is 8.74. The van der Waals surface area contributed by atoms with Gasteiger partial charge in [-0.2, -0.15) is 9.36 Å². The number of aliphatic imine (C=N–C) groups is 1. The summed E-state index contributed by atoms with van der Waals surface area (Å²) in [6.45, 7) is 10.6. The molecule has 1 aliphatic rings. The highest BCUT2D eigenvalue weighted by atomic mass is 32.1. The highest BCUT2D eigenvalue weighted by Gasteiger charge is 2.37. The Bertz CT molecular complexity index is 784. The van der Waals surface area contributed by atoms with E-state index in [9.17, 15) is 0 Å². The number of nitrogens with zero attached hydrogens (tertiary/aromatic N) is 4. The molecule has 134 valence electrons. The predicted octanol–water partition coefficient (Wildman–Crippen LogP) is 5.07. The van der Waals surface area contributed by atoms with Gasteiger partial charge in [0.2, 0.25) is 0 Å². The lowest BCUT2D eigenvalue weighted by molar-refractivity contribution is 0.429. The monoisotopic (exact) mass is 358 g/mol. The zero-order chi connectivity index (χ0) is 18.1. The summed E-state index contributed by atoms with van der Waals surface area (Å²) in [5.41, 5.74) is 3.08. The number of aryl methyl sites for hydroxylation is 2. The average Bonchev–Trinajstić information content (AvgIpc) is 3.10. The van der Waals surface area contributed by atoms with Crippen molar-refractivity contribution in [3.05, 3.63) is 29.1 Å². The van der Waals surface area contributed by atoms with Gasteiger partial charge < -0.3 is 9.64 Å². The SMILES string of the molecule is Cc1cc(Oc2nc(C3CC3C)ns2)c(C)cc1N=CN(C)C(C)C. The van der Waals surface area contributed by atoms with Gasteiger partial charge in [-0.3, -0.25) is 0 Å². The van der Waals surface area contributed by atoms with E-state index in [1.54, 1.807) is 0 Å². The van der Waals surface area contributed by atoms with Crippen molar-refractivity contribution in [2.75, 3.05) is 7.05 Å². The van der Waals surface area contributed by atoms with Gasteiger partial charge in [0.1, 0.15) is 11.6 Å². The molecular weight excluding hydrogens is 332 g/mol. The van der Waals surface area contributed by atoms with E-state index in [0.29, 0.717) is 23.1 Å². The van der Waals surface area contributed by atoms with Crippen LogP contribution in [-0.2, 0) is 0 Å². The molecule has 0 amide bonds. The summed E-state index contributed by atoms with van der Waals surface area (Å²) in [5, 5.41) is 0.618. The lowest BCUT2D eigenvalue weighted by Gasteiger charge is -2.17. The number of ether oxygens (including phenoxy) is 1. The van der Waals surface area contributed by atoms with E-state index in [-0.39, 0.29) is 0 Å². The number of hydrogen-bond acceptors (Lipinski definition) is 5. The van der Waals surface area contributed by atoms with Crippen molar-refractivity contribution in [3.63, 3.8) is 0 Å². The molecule has 1 fully saturated rings. The van der Waals surface area contributed by atoms with E-state index in [1.165, 1.54) is 18.0 Å². The summed E-state index contributed by atoms with van der Waals surface area (Å²) in [5.74, 6) is 2.97. The second-order valence-corrected chi connectivity index (χ2v) is 7.96. The van der Waals surface area contributed by atoms with Gasteiger partial charge in [0.25, 0.3) is 5.19 Å². The molecule has 1 aromatic carbocycles. The zero-order valence-corrected chi connectivity index (χ0v) is 16.6. The molecule has 3 rings (SSSR count). The van der Waals surface area contributed by atoms with Crippen LogP contribution in [0.4, 0.5) is 5.69 Å². The fourth-order valence-corrected chi connectivity index (χ4v) is 3.11. The Morgan fingerprint density at radius 1 is 1.32 bits per heavy atom. The first kappa shape index (κ1) is 17.9. The summed E-state index contributed by atoms with van der Waals surface area (Å²) in [4.78, 5) is 11.2. The fourth-order valence-electron chi connectivity index (χ4n) is 2.50. The third kappa shape index (κ3) is 4.18. The Morgan fingerprint density at radius 2 is 2.04 bits per heavy atom. The molecule has 0 bridgehead atoms.